The van der Waals surface area contributed by atoms with Crippen LogP contribution in [0.4, 0.5) is 0 Å². The van der Waals surface area contributed by atoms with Gasteiger partial charge in [0.15, 0.2) is 41.1 Å². The van der Waals surface area contributed by atoms with Crippen LogP contribution < -0.4 is 23.7 Å². The van der Waals surface area contributed by atoms with Crippen LogP contribution in [0, 0.1) is 0 Å². The summed E-state index contributed by atoms with van der Waals surface area (Å²) in [5, 5.41) is 18.7. The topological polar surface area (TPSA) is 131 Å². The summed E-state index contributed by atoms with van der Waals surface area (Å²) < 4.78 is 29.3. The molecule has 0 bridgehead atoms. The minimum Gasteiger partial charge on any atom is -0.508 e. The van der Waals surface area contributed by atoms with E-state index in [1.165, 1.54) is 6.33 Å². The van der Waals surface area contributed by atoms with E-state index < -0.39 is 0 Å². The zero-order valence-corrected chi connectivity index (χ0v) is 23.3. The third-order valence-electron chi connectivity index (χ3n) is 6.85. The molecule has 0 aliphatic carbocycles. The van der Waals surface area contributed by atoms with Gasteiger partial charge in [0.05, 0.1) is 40.2 Å². The zero-order chi connectivity index (χ0) is 29.2. The van der Waals surface area contributed by atoms with Gasteiger partial charge in [-0.2, -0.15) is 0 Å². The lowest BCUT2D eigenvalue weighted by molar-refractivity contribution is 0.126. The third-order valence-corrected chi connectivity index (χ3v) is 6.85. The average molecular weight is 570 g/mol. The Hall–Kier alpha value is -5.52. The van der Waals surface area contributed by atoms with Gasteiger partial charge in [-0.05, 0) is 42.0 Å². The molecule has 0 amide bonds. The smallest absolute Gasteiger partial charge is 0.228 e. The van der Waals surface area contributed by atoms with Crippen molar-refractivity contribution in [2.45, 2.75) is 12.5 Å². The van der Waals surface area contributed by atoms with Crippen molar-refractivity contribution in [3.63, 3.8) is 0 Å². The molecule has 3 heterocycles. The molecule has 5 aromatic rings. The quantitative estimate of drug-likeness (QED) is 0.193. The maximum atomic E-state index is 10.1. The van der Waals surface area contributed by atoms with Crippen molar-refractivity contribution in [2.75, 3.05) is 28.4 Å². The summed E-state index contributed by atoms with van der Waals surface area (Å²) in [6.07, 6.45) is 3.09. The Kier molecular flexibility index (Phi) is 7.09. The second-order valence-electron chi connectivity index (χ2n) is 9.25. The summed E-state index contributed by atoms with van der Waals surface area (Å²) in [5.41, 5.74) is 3.73. The standard InChI is InChI=1S/C30H27N5O7/c1-37-21-9-5-17(11-24(21)39-3)14-32-41-15-26-33-29-28-27(18-6-10-22(38-2)25(12-18)40-4)20-8-7-19(36)13-23(20)42-30(28)31-16-35(29)34-26/h5-14,16,27,36H,15H2,1-4H3. The number of benzene rings is 3. The number of rotatable bonds is 9. The second-order valence-corrected chi connectivity index (χ2v) is 9.25. The maximum Gasteiger partial charge on any atom is 0.228 e. The Morgan fingerprint density at radius 2 is 1.64 bits per heavy atom. The molecule has 0 saturated heterocycles. The Balaban J connectivity index is 1.34. The number of phenolic OH excluding ortho intramolecular Hbond substituents is 1. The predicted molar refractivity (Wildman–Crippen MR) is 151 cm³/mol. The molecule has 1 atom stereocenters. The Bertz CT molecular complexity index is 1800. The molecule has 12 nitrogen and oxygen atoms in total. The van der Waals surface area contributed by atoms with E-state index in [0.29, 0.717) is 51.7 Å². The summed E-state index contributed by atoms with van der Waals surface area (Å²) in [6, 6.07) is 16.1. The molecule has 0 saturated carbocycles. The third kappa shape index (κ3) is 4.83. The van der Waals surface area contributed by atoms with Crippen LogP contribution in [0.15, 0.2) is 66.1 Å². The minimum atomic E-state index is -0.360. The Morgan fingerprint density at radius 3 is 2.40 bits per heavy atom. The number of methoxy groups -OCH3 is 4. The number of nitrogens with zero attached hydrogens (tertiary/aromatic N) is 5. The van der Waals surface area contributed by atoms with Gasteiger partial charge in [0, 0.05) is 23.1 Å². The van der Waals surface area contributed by atoms with Crippen molar-refractivity contribution in [1.29, 1.82) is 0 Å². The Labute approximate surface area is 240 Å². The first-order valence-electron chi connectivity index (χ1n) is 12.9. The molecule has 0 fully saturated rings. The highest BCUT2D eigenvalue weighted by atomic mass is 16.6. The lowest BCUT2D eigenvalue weighted by Crippen LogP contribution is -2.15. The van der Waals surface area contributed by atoms with Gasteiger partial charge in [0.2, 0.25) is 5.88 Å². The fourth-order valence-electron chi connectivity index (χ4n) is 4.91. The number of hydrogen-bond donors (Lipinski definition) is 1. The molecule has 1 N–H and O–H groups in total. The van der Waals surface area contributed by atoms with Gasteiger partial charge in [0.1, 0.15) is 17.8 Å². The molecule has 12 heteroatoms. The number of ether oxygens (including phenoxy) is 5. The van der Waals surface area contributed by atoms with E-state index in [0.717, 1.165) is 16.7 Å². The monoisotopic (exact) mass is 569 g/mol. The van der Waals surface area contributed by atoms with Crippen molar-refractivity contribution >= 4 is 11.9 Å². The van der Waals surface area contributed by atoms with Crippen LogP contribution in [0.5, 0.6) is 40.4 Å². The van der Waals surface area contributed by atoms with Crippen LogP contribution in [0.3, 0.4) is 0 Å². The van der Waals surface area contributed by atoms with Gasteiger partial charge in [-0.3, -0.25) is 0 Å². The van der Waals surface area contributed by atoms with Gasteiger partial charge in [0.25, 0.3) is 0 Å². The minimum absolute atomic E-state index is 0.0204. The number of fused-ring (bicyclic) bond motifs is 4. The van der Waals surface area contributed by atoms with Crippen molar-refractivity contribution in [1.82, 2.24) is 19.6 Å². The summed E-state index contributed by atoms with van der Waals surface area (Å²) in [6.45, 7) is 0.0204. The predicted octanol–water partition coefficient (Wildman–Crippen LogP) is 4.70. The molecule has 1 unspecified atom stereocenters. The van der Waals surface area contributed by atoms with Crippen LogP contribution in [-0.2, 0) is 11.4 Å². The molecular formula is C30H27N5O7. The molecule has 0 spiro atoms. The van der Waals surface area contributed by atoms with E-state index in [-0.39, 0.29) is 18.3 Å². The van der Waals surface area contributed by atoms with E-state index in [2.05, 4.69) is 15.2 Å². The fourth-order valence-corrected chi connectivity index (χ4v) is 4.91. The average Bonchev–Trinajstić information content (AvgIpc) is 3.44. The van der Waals surface area contributed by atoms with Gasteiger partial charge >= 0.3 is 0 Å². The first kappa shape index (κ1) is 26.7. The summed E-state index contributed by atoms with van der Waals surface area (Å²) in [5.74, 6) is 3.36. The van der Waals surface area contributed by atoms with Crippen LogP contribution >= 0.6 is 0 Å². The van der Waals surface area contributed by atoms with Gasteiger partial charge in [-0.25, -0.2) is 14.5 Å². The summed E-state index contributed by atoms with van der Waals surface area (Å²) in [4.78, 5) is 14.8. The zero-order valence-electron chi connectivity index (χ0n) is 23.3. The largest absolute Gasteiger partial charge is 0.508 e. The van der Waals surface area contributed by atoms with Crippen LogP contribution in [0.25, 0.3) is 5.65 Å². The van der Waals surface area contributed by atoms with Crippen molar-refractivity contribution in [3.8, 4) is 40.4 Å². The number of hydrogen-bond acceptors (Lipinski definition) is 11. The van der Waals surface area contributed by atoms with E-state index >= 15 is 0 Å². The van der Waals surface area contributed by atoms with Gasteiger partial charge in [-0.15, -0.1) is 5.10 Å². The van der Waals surface area contributed by atoms with E-state index in [9.17, 15) is 5.11 Å². The van der Waals surface area contributed by atoms with E-state index in [1.807, 2.05) is 30.3 Å². The van der Waals surface area contributed by atoms with Crippen LogP contribution in [-0.4, -0.2) is 59.3 Å². The lowest BCUT2D eigenvalue weighted by atomic mass is 9.83. The molecule has 2 aromatic heterocycles. The SMILES string of the molecule is COc1ccc(C=NOCc2nc3c4c(ncn3n2)Oc2cc(O)ccc2C4c2ccc(OC)c(OC)c2)cc1OC. The van der Waals surface area contributed by atoms with Crippen LogP contribution in [0.2, 0.25) is 0 Å². The summed E-state index contributed by atoms with van der Waals surface area (Å²) in [7, 11) is 6.32. The van der Waals surface area contributed by atoms with Crippen LogP contribution in [0.1, 0.15) is 34.0 Å². The first-order valence-corrected chi connectivity index (χ1v) is 12.9. The highest BCUT2D eigenvalue weighted by Crippen LogP contribution is 2.49. The molecule has 0 radical (unpaired) electrons. The van der Waals surface area contributed by atoms with Gasteiger partial charge < -0.3 is 33.6 Å². The van der Waals surface area contributed by atoms with Crippen molar-refractivity contribution in [2.24, 2.45) is 5.16 Å². The molecular weight excluding hydrogens is 542 g/mol. The molecule has 1 aliphatic rings. The molecule has 42 heavy (non-hydrogen) atoms. The number of phenols is 1. The normalized spacial score (nSPS) is 13.8. The first-order chi connectivity index (χ1) is 20.5. The molecule has 6 rings (SSSR count). The molecule has 1 aliphatic heterocycles. The fraction of sp³-hybridized carbons (Fsp3) is 0.200. The number of aromatic nitrogens is 4. The number of aromatic hydroxyl groups is 1. The molecule has 214 valence electrons. The highest BCUT2D eigenvalue weighted by molar-refractivity contribution is 5.80. The van der Waals surface area contributed by atoms with Gasteiger partial charge in [-0.1, -0.05) is 17.3 Å². The maximum absolute atomic E-state index is 10.1. The van der Waals surface area contributed by atoms with Crippen molar-refractivity contribution < 1.29 is 33.6 Å². The van der Waals surface area contributed by atoms with E-state index in [1.54, 1.807) is 63.4 Å². The Morgan fingerprint density at radius 1 is 0.905 bits per heavy atom. The summed E-state index contributed by atoms with van der Waals surface area (Å²) >= 11 is 0. The molecule has 3 aromatic carbocycles. The van der Waals surface area contributed by atoms with Crippen molar-refractivity contribution in [3.05, 3.63) is 89.0 Å². The van der Waals surface area contributed by atoms with E-state index in [4.69, 9.17) is 33.5 Å². The second kappa shape index (κ2) is 11.2. The number of oxime groups is 1. The lowest BCUT2D eigenvalue weighted by Gasteiger charge is -2.28. The highest BCUT2D eigenvalue weighted by Gasteiger charge is 2.34.